The summed E-state index contributed by atoms with van der Waals surface area (Å²) in [4.78, 5) is 22.7. The molecule has 7 nitrogen and oxygen atoms in total. The van der Waals surface area contributed by atoms with Crippen LogP contribution in [0.2, 0.25) is 10.0 Å². The summed E-state index contributed by atoms with van der Waals surface area (Å²) < 4.78 is 10.6. The van der Waals surface area contributed by atoms with Gasteiger partial charge >= 0.3 is 0 Å². The van der Waals surface area contributed by atoms with Gasteiger partial charge in [0.05, 0.1) is 18.1 Å². The van der Waals surface area contributed by atoms with Crippen molar-refractivity contribution < 1.29 is 18.9 Å². The fourth-order valence-corrected chi connectivity index (χ4v) is 3.05. The number of hydrogen-bond donors (Lipinski definition) is 1. The molecule has 3 aromatic rings. The number of anilines is 1. The molecule has 0 spiro atoms. The van der Waals surface area contributed by atoms with E-state index in [0.717, 1.165) is 0 Å². The number of benzene rings is 2. The van der Waals surface area contributed by atoms with E-state index in [1.165, 1.54) is 37.5 Å². The van der Waals surface area contributed by atoms with E-state index in [-0.39, 0.29) is 11.4 Å². The third kappa shape index (κ3) is 5.16. The number of nitro groups is 1. The zero-order valence-electron chi connectivity index (χ0n) is 15.0. The molecule has 0 saturated carbocycles. The Hall–Kier alpha value is -3.29. The van der Waals surface area contributed by atoms with Crippen LogP contribution in [0, 0.1) is 10.1 Å². The predicted octanol–water partition coefficient (Wildman–Crippen LogP) is 5.82. The lowest BCUT2D eigenvalue weighted by Gasteiger charge is -2.05. The van der Waals surface area contributed by atoms with Gasteiger partial charge in [0, 0.05) is 21.7 Å². The van der Waals surface area contributed by atoms with Crippen LogP contribution in [-0.2, 0) is 4.79 Å². The van der Waals surface area contributed by atoms with Crippen LogP contribution in [0.5, 0.6) is 5.75 Å². The van der Waals surface area contributed by atoms with Gasteiger partial charge in [-0.15, -0.1) is 0 Å². The maximum atomic E-state index is 12.2. The number of carbonyl (C=O) groups excluding carboxylic acids is 1. The van der Waals surface area contributed by atoms with E-state index < -0.39 is 10.8 Å². The zero-order valence-corrected chi connectivity index (χ0v) is 16.5. The number of nitro benzene ring substituents is 1. The Morgan fingerprint density at radius 2 is 1.86 bits per heavy atom. The van der Waals surface area contributed by atoms with Crippen LogP contribution in [0.25, 0.3) is 17.4 Å². The number of nitrogens with one attached hydrogen (secondary N) is 1. The Balaban J connectivity index is 1.73. The Labute approximate surface area is 175 Å². The number of rotatable bonds is 6. The summed E-state index contributed by atoms with van der Waals surface area (Å²) in [6.45, 7) is 0. The van der Waals surface area contributed by atoms with Crippen molar-refractivity contribution in [3.63, 3.8) is 0 Å². The summed E-state index contributed by atoms with van der Waals surface area (Å²) in [5.74, 6) is 0.701. The van der Waals surface area contributed by atoms with Gasteiger partial charge < -0.3 is 14.5 Å². The van der Waals surface area contributed by atoms with E-state index >= 15 is 0 Å². The van der Waals surface area contributed by atoms with Crippen LogP contribution in [0.3, 0.4) is 0 Å². The maximum absolute atomic E-state index is 12.2. The molecule has 0 bridgehead atoms. The number of methoxy groups -OCH3 is 1. The summed E-state index contributed by atoms with van der Waals surface area (Å²) in [6, 6.07) is 12.5. The fourth-order valence-electron chi connectivity index (χ4n) is 2.52. The van der Waals surface area contributed by atoms with Gasteiger partial charge in [-0.2, -0.15) is 0 Å². The van der Waals surface area contributed by atoms with E-state index in [4.69, 9.17) is 32.4 Å². The Bertz CT molecular complexity index is 1090. The van der Waals surface area contributed by atoms with E-state index in [0.29, 0.717) is 32.9 Å². The molecule has 0 unspecified atom stereocenters. The topological polar surface area (TPSA) is 94.6 Å². The second-order valence-corrected chi connectivity index (χ2v) is 6.70. The van der Waals surface area contributed by atoms with Crippen molar-refractivity contribution >= 4 is 46.6 Å². The van der Waals surface area contributed by atoms with Gasteiger partial charge in [-0.25, -0.2) is 0 Å². The van der Waals surface area contributed by atoms with Crippen LogP contribution >= 0.6 is 23.2 Å². The average molecular weight is 433 g/mol. The molecule has 3 rings (SSSR count). The first-order chi connectivity index (χ1) is 13.9. The Morgan fingerprint density at radius 1 is 1.14 bits per heavy atom. The molecule has 9 heteroatoms. The molecule has 0 atom stereocenters. The van der Waals surface area contributed by atoms with Gasteiger partial charge in [0.1, 0.15) is 23.0 Å². The molecule has 1 N–H and O–H groups in total. The van der Waals surface area contributed by atoms with E-state index in [9.17, 15) is 14.9 Å². The Kier molecular flexibility index (Phi) is 6.21. The lowest BCUT2D eigenvalue weighted by molar-refractivity contribution is -0.384. The first kappa shape index (κ1) is 20.4. The van der Waals surface area contributed by atoms with Crippen LogP contribution in [0.15, 0.2) is 59.0 Å². The summed E-state index contributed by atoms with van der Waals surface area (Å²) in [5.41, 5.74) is 0.476. The van der Waals surface area contributed by atoms with Gasteiger partial charge in [-0.05, 0) is 48.5 Å². The number of furan rings is 1. The molecule has 0 aliphatic rings. The first-order valence-corrected chi connectivity index (χ1v) is 8.99. The Morgan fingerprint density at radius 3 is 2.52 bits per heavy atom. The fraction of sp³-hybridized carbons (Fsp3) is 0.0500. The van der Waals surface area contributed by atoms with Crippen molar-refractivity contribution in [1.82, 2.24) is 0 Å². The van der Waals surface area contributed by atoms with Crippen LogP contribution in [-0.4, -0.2) is 17.9 Å². The first-order valence-electron chi connectivity index (χ1n) is 8.23. The number of carbonyl (C=O) groups is 1. The van der Waals surface area contributed by atoms with Crippen LogP contribution in [0.4, 0.5) is 11.4 Å². The van der Waals surface area contributed by atoms with Gasteiger partial charge in [0.25, 0.3) is 5.69 Å². The summed E-state index contributed by atoms with van der Waals surface area (Å²) in [7, 11) is 1.40. The van der Waals surface area contributed by atoms with Crippen molar-refractivity contribution in [3.8, 4) is 17.1 Å². The molecular formula is C20H14Cl2N2O5. The van der Waals surface area contributed by atoms with Gasteiger partial charge in [0.15, 0.2) is 0 Å². The second kappa shape index (κ2) is 8.81. The number of amides is 1. The molecule has 148 valence electrons. The molecule has 0 fully saturated rings. The molecule has 0 aliphatic heterocycles. The third-order valence-electron chi connectivity index (χ3n) is 3.83. The summed E-state index contributed by atoms with van der Waals surface area (Å²) in [5, 5.41) is 14.6. The van der Waals surface area contributed by atoms with Crippen molar-refractivity contribution in [2.45, 2.75) is 0 Å². The highest BCUT2D eigenvalue weighted by Gasteiger charge is 2.16. The molecule has 0 saturated heterocycles. The number of halogens is 2. The highest BCUT2D eigenvalue weighted by atomic mass is 35.5. The monoisotopic (exact) mass is 432 g/mol. The highest BCUT2D eigenvalue weighted by Crippen LogP contribution is 2.30. The molecule has 1 aromatic heterocycles. The van der Waals surface area contributed by atoms with E-state index in [1.807, 2.05) is 0 Å². The normalized spacial score (nSPS) is 10.9. The van der Waals surface area contributed by atoms with E-state index in [1.54, 1.807) is 30.3 Å². The molecule has 1 heterocycles. The molecule has 2 aromatic carbocycles. The van der Waals surface area contributed by atoms with Crippen molar-refractivity contribution in [2.75, 3.05) is 12.4 Å². The smallest absolute Gasteiger partial charge is 0.296 e. The molecule has 0 radical (unpaired) electrons. The number of ether oxygens (including phenoxy) is 1. The zero-order chi connectivity index (χ0) is 21.0. The summed E-state index contributed by atoms with van der Waals surface area (Å²) >= 11 is 12.0. The quantitative estimate of drug-likeness (QED) is 0.300. The summed E-state index contributed by atoms with van der Waals surface area (Å²) in [6.07, 6.45) is 2.65. The minimum atomic E-state index is -0.600. The largest absolute Gasteiger partial charge is 0.496 e. The van der Waals surface area contributed by atoms with E-state index in [2.05, 4.69) is 5.32 Å². The SMILES string of the molecule is COc1ccc(NC(=O)C=Cc2ccc(-c3cc(Cl)cc(Cl)c3)o2)c([N+](=O)[O-])c1. The number of nitrogens with zero attached hydrogens (tertiary/aromatic N) is 1. The lowest BCUT2D eigenvalue weighted by atomic mass is 10.2. The van der Waals surface area contributed by atoms with Gasteiger partial charge in [0.2, 0.25) is 5.91 Å². The molecular weight excluding hydrogens is 419 g/mol. The minimum Gasteiger partial charge on any atom is -0.496 e. The minimum absolute atomic E-state index is 0.0548. The maximum Gasteiger partial charge on any atom is 0.296 e. The number of hydrogen-bond acceptors (Lipinski definition) is 5. The molecule has 29 heavy (non-hydrogen) atoms. The average Bonchev–Trinajstić information content (AvgIpc) is 3.15. The predicted molar refractivity (Wildman–Crippen MR) is 111 cm³/mol. The van der Waals surface area contributed by atoms with Gasteiger partial charge in [-0.3, -0.25) is 14.9 Å². The molecule has 0 aliphatic carbocycles. The van der Waals surface area contributed by atoms with Crippen LogP contribution in [0.1, 0.15) is 5.76 Å². The highest BCUT2D eigenvalue weighted by molar-refractivity contribution is 6.35. The standard InChI is InChI=1S/C20H14Cl2N2O5/c1-28-16-2-5-17(18(11-16)24(26)27)23-20(25)7-4-15-3-6-19(29-15)12-8-13(21)10-14(22)9-12/h2-11H,1H3,(H,23,25). The lowest BCUT2D eigenvalue weighted by Crippen LogP contribution is -2.09. The van der Waals surface area contributed by atoms with Crippen molar-refractivity contribution in [2.24, 2.45) is 0 Å². The third-order valence-corrected chi connectivity index (χ3v) is 4.27. The van der Waals surface area contributed by atoms with Crippen LogP contribution < -0.4 is 10.1 Å². The van der Waals surface area contributed by atoms with Crippen molar-refractivity contribution in [3.05, 3.63) is 80.5 Å². The van der Waals surface area contributed by atoms with Crippen molar-refractivity contribution in [1.29, 1.82) is 0 Å². The molecule has 1 amide bonds. The second-order valence-electron chi connectivity index (χ2n) is 5.82. The van der Waals surface area contributed by atoms with Gasteiger partial charge in [-0.1, -0.05) is 23.2 Å².